The largest absolute Gasteiger partial charge is 1.00 e. The van der Waals surface area contributed by atoms with Crippen molar-refractivity contribution in [2.24, 2.45) is 0 Å². The maximum atomic E-state index is 12.8. The molecule has 0 aliphatic carbocycles. The molecule has 7 nitrogen and oxygen atoms in total. The molecule has 0 radical (unpaired) electrons. The minimum absolute atomic E-state index is 0. The summed E-state index contributed by atoms with van der Waals surface area (Å²) >= 11 is 0. The topological polar surface area (TPSA) is 110 Å². The number of ether oxygens (including phenoxy) is 2. The van der Waals surface area contributed by atoms with Crippen LogP contribution in [0.4, 0.5) is 0 Å². The monoisotopic (exact) mass is 644 g/mol. The number of hydrogen-bond acceptors (Lipinski definition) is 7. The van der Waals surface area contributed by atoms with Gasteiger partial charge in [0, 0.05) is 0 Å². The Morgan fingerprint density at radius 1 is 0.628 bits per heavy atom. The van der Waals surface area contributed by atoms with Crippen LogP contribution in [0.1, 0.15) is 150 Å². The standard InChI is InChI=1S/C34H54O7S.K/c1-3-5-7-9-11-13-15-17-19-21-23-27-40-33(35)31-26-25-30(42(37,38)39)29-32(31)34(36)41-28-24-22-20-18-16-14-12-10-8-6-4-2;/h9-12,25-26,29H,3-8,13-24,27-28H2,1-2H3,(H,37,38,39);/q;+1/p-1/b11-9+,12-10+;. The Morgan fingerprint density at radius 2 is 1.02 bits per heavy atom. The van der Waals surface area contributed by atoms with E-state index in [9.17, 15) is 22.6 Å². The SMILES string of the molecule is CCCC/C=C/CCCCCCCOC(=O)c1ccc(S(=O)(=O)[O-])cc1C(=O)OCCCCCCC/C=C/CCCC.[K+]. The van der Waals surface area contributed by atoms with Crippen LogP contribution in [0, 0.1) is 0 Å². The van der Waals surface area contributed by atoms with E-state index in [0.29, 0.717) is 12.8 Å². The number of unbranched alkanes of at least 4 members (excludes halogenated alkanes) is 14. The summed E-state index contributed by atoms with van der Waals surface area (Å²) < 4.78 is 45.3. The van der Waals surface area contributed by atoms with Crippen LogP contribution < -0.4 is 51.4 Å². The summed E-state index contributed by atoms with van der Waals surface area (Å²) in [4.78, 5) is 24.9. The molecule has 43 heavy (non-hydrogen) atoms. The predicted octanol–water partition coefficient (Wildman–Crippen LogP) is 6.08. The molecule has 238 valence electrons. The van der Waals surface area contributed by atoms with E-state index in [-0.39, 0.29) is 75.7 Å². The van der Waals surface area contributed by atoms with Crippen LogP contribution in [0.15, 0.2) is 47.4 Å². The molecule has 9 heteroatoms. The van der Waals surface area contributed by atoms with Crippen molar-refractivity contribution in [2.75, 3.05) is 13.2 Å². The van der Waals surface area contributed by atoms with E-state index in [1.807, 2.05) is 0 Å². The normalized spacial score (nSPS) is 11.6. The van der Waals surface area contributed by atoms with E-state index in [1.165, 1.54) is 25.7 Å². The van der Waals surface area contributed by atoms with Gasteiger partial charge in [0.05, 0.1) is 29.2 Å². The van der Waals surface area contributed by atoms with Crippen molar-refractivity contribution in [1.29, 1.82) is 0 Å². The van der Waals surface area contributed by atoms with Gasteiger partial charge in [-0.3, -0.25) is 0 Å². The molecule has 0 aromatic heterocycles. The first-order valence-electron chi connectivity index (χ1n) is 16.0. The molecule has 0 bridgehead atoms. The minimum Gasteiger partial charge on any atom is -0.744 e. The zero-order chi connectivity index (χ0) is 30.9. The summed E-state index contributed by atoms with van der Waals surface area (Å²) in [6, 6.07) is 3.08. The van der Waals surface area contributed by atoms with Crippen molar-refractivity contribution in [3.63, 3.8) is 0 Å². The van der Waals surface area contributed by atoms with Crippen LogP contribution in [0.2, 0.25) is 0 Å². The number of benzene rings is 1. The van der Waals surface area contributed by atoms with Crippen molar-refractivity contribution in [2.45, 2.75) is 134 Å². The molecule has 0 heterocycles. The first-order valence-corrected chi connectivity index (χ1v) is 17.5. The number of esters is 2. The van der Waals surface area contributed by atoms with Crippen molar-refractivity contribution >= 4 is 22.1 Å². The summed E-state index contributed by atoms with van der Waals surface area (Å²) in [7, 11) is -4.81. The fraction of sp³-hybridized carbons (Fsp3) is 0.647. The average Bonchev–Trinajstić information content (AvgIpc) is 2.97. The molecule has 0 atom stereocenters. The van der Waals surface area contributed by atoms with E-state index in [4.69, 9.17) is 9.47 Å². The van der Waals surface area contributed by atoms with Crippen molar-refractivity contribution in [3.05, 3.63) is 53.6 Å². The van der Waals surface area contributed by atoms with E-state index in [0.717, 1.165) is 95.2 Å². The summed E-state index contributed by atoms with van der Waals surface area (Å²) in [6.07, 6.45) is 28.1. The molecule has 1 aromatic carbocycles. The molecular weight excluding hydrogens is 592 g/mol. The number of carbonyl (C=O) groups is 2. The second-order valence-electron chi connectivity index (χ2n) is 10.8. The van der Waals surface area contributed by atoms with Gasteiger partial charge in [0.1, 0.15) is 10.1 Å². The van der Waals surface area contributed by atoms with Gasteiger partial charge in [-0.15, -0.1) is 0 Å². The Labute approximate surface area is 303 Å². The van der Waals surface area contributed by atoms with E-state index in [1.54, 1.807) is 0 Å². The third-order valence-corrected chi connectivity index (χ3v) is 7.83. The molecule has 0 aliphatic heterocycles. The van der Waals surface area contributed by atoms with Crippen molar-refractivity contribution in [1.82, 2.24) is 0 Å². The van der Waals surface area contributed by atoms with Gasteiger partial charge in [0.15, 0.2) is 0 Å². The van der Waals surface area contributed by atoms with Crippen LogP contribution in [0.3, 0.4) is 0 Å². The Bertz CT molecular complexity index is 1050. The molecule has 0 saturated heterocycles. The zero-order valence-corrected chi connectivity index (χ0v) is 30.9. The Balaban J connectivity index is 0.0000176. The number of carbonyl (C=O) groups excluding carboxylic acids is 2. The molecule has 0 N–H and O–H groups in total. The van der Waals surface area contributed by atoms with Crippen LogP contribution in [-0.4, -0.2) is 38.1 Å². The quantitative estimate of drug-likeness (QED) is 0.0417. The molecule has 1 rings (SSSR count). The van der Waals surface area contributed by atoms with Gasteiger partial charge < -0.3 is 14.0 Å². The Morgan fingerprint density at radius 3 is 1.47 bits per heavy atom. The first-order chi connectivity index (χ1) is 20.3. The van der Waals surface area contributed by atoms with E-state index in [2.05, 4.69) is 38.2 Å². The number of hydrogen-bond donors (Lipinski definition) is 0. The van der Waals surface area contributed by atoms with E-state index >= 15 is 0 Å². The van der Waals surface area contributed by atoms with Gasteiger partial charge in [-0.25, -0.2) is 18.0 Å². The molecule has 0 unspecified atom stereocenters. The average molecular weight is 645 g/mol. The molecule has 0 fully saturated rings. The summed E-state index contributed by atoms with van der Waals surface area (Å²) in [5.41, 5.74) is -0.368. The van der Waals surface area contributed by atoms with Crippen molar-refractivity contribution in [3.8, 4) is 0 Å². The first kappa shape index (κ1) is 42.2. The number of allylic oxidation sites excluding steroid dienone is 4. The Hall–Kier alpha value is -0.814. The van der Waals surface area contributed by atoms with Crippen LogP contribution in [0.5, 0.6) is 0 Å². The molecule has 0 amide bonds. The summed E-state index contributed by atoms with van der Waals surface area (Å²) in [5.74, 6) is -1.58. The molecule has 1 aromatic rings. The minimum atomic E-state index is -4.81. The smallest absolute Gasteiger partial charge is 0.744 e. The van der Waals surface area contributed by atoms with Crippen molar-refractivity contribution < 1.29 is 83.4 Å². The maximum Gasteiger partial charge on any atom is 1.00 e. The third kappa shape index (κ3) is 21.5. The van der Waals surface area contributed by atoms with E-state index < -0.39 is 27.0 Å². The molecule has 0 saturated carbocycles. The molecule has 0 aliphatic rings. The maximum absolute atomic E-state index is 12.8. The molecular formula is C34H53KO7S. The second kappa shape index (κ2) is 27.5. The van der Waals surface area contributed by atoms with Gasteiger partial charge in [0.2, 0.25) is 0 Å². The fourth-order valence-corrected chi connectivity index (χ4v) is 4.91. The van der Waals surface area contributed by atoms with Gasteiger partial charge in [0.25, 0.3) is 0 Å². The summed E-state index contributed by atoms with van der Waals surface area (Å²) in [5, 5.41) is 0. The third-order valence-electron chi connectivity index (χ3n) is 7.00. The van der Waals surface area contributed by atoms with Crippen LogP contribution >= 0.6 is 0 Å². The number of rotatable bonds is 25. The summed E-state index contributed by atoms with van der Waals surface area (Å²) in [6.45, 7) is 4.72. The zero-order valence-electron chi connectivity index (χ0n) is 26.9. The van der Waals surface area contributed by atoms with Crippen LogP contribution in [0.25, 0.3) is 0 Å². The van der Waals surface area contributed by atoms with Crippen LogP contribution in [-0.2, 0) is 19.6 Å². The van der Waals surface area contributed by atoms with Gasteiger partial charge in [-0.2, -0.15) is 0 Å². The molecule has 0 spiro atoms. The predicted molar refractivity (Wildman–Crippen MR) is 168 cm³/mol. The van der Waals surface area contributed by atoms with Gasteiger partial charge >= 0.3 is 63.3 Å². The fourth-order valence-electron chi connectivity index (χ4n) is 4.42. The van der Waals surface area contributed by atoms with Gasteiger partial charge in [-0.05, 0) is 69.6 Å². The second-order valence-corrected chi connectivity index (χ2v) is 12.2. The van der Waals surface area contributed by atoms with Gasteiger partial charge in [-0.1, -0.05) is 102 Å². The Kier molecular flexibility index (Phi) is 27.0.